The molecular weight excluding hydrogens is 412 g/mol. The molecule has 3 aliphatic heterocycles. The van der Waals surface area contributed by atoms with E-state index in [1.807, 2.05) is 4.31 Å². The maximum Gasteiger partial charge on any atom is 0.214 e. The average Bonchev–Trinajstić information content (AvgIpc) is 2.79. The number of benzene rings is 1. The van der Waals surface area contributed by atoms with E-state index in [-0.39, 0.29) is 12.1 Å². The van der Waals surface area contributed by atoms with Gasteiger partial charge in [-0.1, -0.05) is 26.2 Å². The standard InChI is InChI=1S/C24H38N2O4S/c1-4-5-6-7-13-31(27,28)26-11-8-9-19-17-25-12-10-18-14-23(29-2)24(30-3)15-20(18)22(25)16-21(19)26/h14-15,19,21-22H,4-13,16-17H2,1-3H3. The molecule has 31 heavy (non-hydrogen) atoms. The smallest absolute Gasteiger partial charge is 0.214 e. The zero-order chi connectivity index (χ0) is 22.0. The first-order valence-corrected chi connectivity index (χ1v) is 13.6. The lowest BCUT2D eigenvalue weighted by atomic mass is 9.77. The SMILES string of the molecule is CCCCCCS(=O)(=O)N1CCCC2CN3CCc4cc(OC)c(OC)cc4C3CC21. The Kier molecular flexibility index (Phi) is 7.14. The molecule has 7 heteroatoms. The zero-order valence-corrected chi connectivity index (χ0v) is 20.1. The summed E-state index contributed by atoms with van der Waals surface area (Å²) in [5.74, 6) is 2.27. The molecule has 1 aromatic carbocycles. The van der Waals surface area contributed by atoms with Crippen molar-refractivity contribution in [2.24, 2.45) is 5.92 Å². The molecule has 0 bridgehead atoms. The Bertz CT molecular complexity index is 873. The fraction of sp³-hybridized carbons (Fsp3) is 0.750. The van der Waals surface area contributed by atoms with E-state index in [1.165, 1.54) is 11.1 Å². The second kappa shape index (κ2) is 9.67. The molecule has 0 radical (unpaired) electrons. The molecule has 2 fully saturated rings. The Morgan fingerprint density at radius 1 is 1.06 bits per heavy atom. The summed E-state index contributed by atoms with van der Waals surface area (Å²) >= 11 is 0. The van der Waals surface area contributed by atoms with E-state index in [9.17, 15) is 8.42 Å². The van der Waals surface area contributed by atoms with E-state index in [0.717, 1.165) is 76.0 Å². The third kappa shape index (κ3) is 4.60. The van der Waals surface area contributed by atoms with Crippen molar-refractivity contribution in [3.8, 4) is 11.5 Å². The summed E-state index contributed by atoms with van der Waals surface area (Å²) in [4.78, 5) is 2.58. The number of methoxy groups -OCH3 is 2. The van der Waals surface area contributed by atoms with Crippen LogP contribution in [-0.2, 0) is 16.4 Å². The van der Waals surface area contributed by atoms with Crippen molar-refractivity contribution in [2.45, 2.75) is 70.4 Å². The van der Waals surface area contributed by atoms with Gasteiger partial charge in [-0.05, 0) is 61.3 Å². The molecule has 0 spiro atoms. The number of hydrogen-bond acceptors (Lipinski definition) is 5. The van der Waals surface area contributed by atoms with Crippen molar-refractivity contribution in [1.82, 2.24) is 9.21 Å². The lowest BCUT2D eigenvalue weighted by Crippen LogP contribution is -2.57. The Morgan fingerprint density at radius 3 is 2.58 bits per heavy atom. The Morgan fingerprint density at radius 2 is 1.84 bits per heavy atom. The van der Waals surface area contributed by atoms with Gasteiger partial charge in [-0.2, -0.15) is 4.31 Å². The van der Waals surface area contributed by atoms with Gasteiger partial charge in [0.25, 0.3) is 0 Å². The van der Waals surface area contributed by atoms with Crippen LogP contribution in [0.3, 0.4) is 0 Å². The van der Waals surface area contributed by atoms with Gasteiger partial charge in [0.1, 0.15) is 0 Å². The Hall–Kier alpha value is -1.31. The van der Waals surface area contributed by atoms with Gasteiger partial charge in [-0.15, -0.1) is 0 Å². The van der Waals surface area contributed by atoms with Crippen LogP contribution in [0.25, 0.3) is 0 Å². The number of unbranched alkanes of at least 4 members (excludes halogenated alkanes) is 3. The minimum Gasteiger partial charge on any atom is -0.493 e. The largest absolute Gasteiger partial charge is 0.493 e. The first-order valence-electron chi connectivity index (χ1n) is 12.0. The van der Waals surface area contributed by atoms with E-state index in [0.29, 0.717) is 18.2 Å². The molecular formula is C24H38N2O4S. The number of rotatable bonds is 8. The highest BCUT2D eigenvalue weighted by molar-refractivity contribution is 7.89. The van der Waals surface area contributed by atoms with Crippen LogP contribution in [0.5, 0.6) is 11.5 Å². The maximum absolute atomic E-state index is 13.3. The second-order valence-electron chi connectivity index (χ2n) is 9.36. The summed E-state index contributed by atoms with van der Waals surface area (Å²) in [5, 5.41) is 0. The number of sulfonamides is 1. The number of nitrogens with zero attached hydrogens (tertiary/aromatic N) is 2. The molecule has 3 aliphatic rings. The fourth-order valence-corrected chi connectivity index (χ4v) is 7.79. The van der Waals surface area contributed by atoms with Crippen molar-refractivity contribution >= 4 is 10.0 Å². The minimum absolute atomic E-state index is 0.116. The van der Waals surface area contributed by atoms with Crippen LogP contribution in [0.15, 0.2) is 12.1 Å². The quantitative estimate of drug-likeness (QED) is 0.561. The third-order valence-electron chi connectivity index (χ3n) is 7.53. The molecule has 6 nitrogen and oxygen atoms in total. The normalized spacial score (nSPS) is 26.6. The van der Waals surface area contributed by atoms with Crippen molar-refractivity contribution in [2.75, 3.05) is 39.6 Å². The van der Waals surface area contributed by atoms with Gasteiger partial charge in [-0.25, -0.2) is 8.42 Å². The monoisotopic (exact) mass is 450 g/mol. The van der Waals surface area contributed by atoms with Crippen LogP contribution in [0, 0.1) is 5.92 Å². The van der Waals surface area contributed by atoms with Crippen LogP contribution < -0.4 is 9.47 Å². The van der Waals surface area contributed by atoms with E-state index in [2.05, 4.69) is 24.0 Å². The topological polar surface area (TPSA) is 59.1 Å². The van der Waals surface area contributed by atoms with Crippen LogP contribution >= 0.6 is 0 Å². The first kappa shape index (κ1) is 22.9. The summed E-state index contributed by atoms with van der Waals surface area (Å²) in [6.45, 7) is 4.86. The van der Waals surface area contributed by atoms with Crippen LogP contribution in [0.2, 0.25) is 0 Å². The van der Waals surface area contributed by atoms with Crippen molar-refractivity contribution in [1.29, 1.82) is 0 Å². The predicted molar refractivity (Wildman–Crippen MR) is 123 cm³/mol. The molecule has 4 rings (SSSR count). The summed E-state index contributed by atoms with van der Waals surface area (Å²) in [6, 6.07) is 4.60. The summed E-state index contributed by atoms with van der Waals surface area (Å²) in [6.07, 6.45) is 8.01. The lowest BCUT2D eigenvalue weighted by Gasteiger charge is -2.51. The lowest BCUT2D eigenvalue weighted by molar-refractivity contribution is 0.0218. The highest BCUT2D eigenvalue weighted by Crippen LogP contribution is 2.46. The van der Waals surface area contributed by atoms with Crippen molar-refractivity contribution in [3.63, 3.8) is 0 Å². The van der Waals surface area contributed by atoms with E-state index >= 15 is 0 Å². The molecule has 0 saturated carbocycles. The number of hydrogen-bond donors (Lipinski definition) is 0. The molecule has 0 aromatic heterocycles. The number of ether oxygens (including phenoxy) is 2. The molecule has 174 valence electrons. The number of piperidine rings is 2. The summed E-state index contributed by atoms with van der Waals surface area (Å²) in [7, 11) is 0.150. The summed E-state index contributed by atoms with van der Waals surface area (Å²) < 4.78 is 39.5. The van der Waals surface area contributed by atoms with Crippen LogP contribution in [0.1, 0.15) is 69.0 Å². The highest BCUT2D eigenvalue weighted by Gasteiger charge is 2.45. The molecule has 0 N–H and O–H groups in total. The van der Waals surface area contributed by atoms with Gasteiger partial charge in [0.2, 0.25) is 10.0 Å². The first-order chi connectivity index (χ1) is 15.0. The zero-order valence-electron chi connectivity index (χ0n) is 19.3. The molecule has 0 aliphatic carbocycles. The van der Waals surface area contributed by atoms with E-state index < -0.39 is 10.0 Å². The molecule has 3 atom stereocenters. The van der Waals surface area contributed by atoms with Gasteiger partial charge in [-0.3, -0.25) is 4.90 Å². The predicted octanol–water partition coefficient (Wildman–Crippen LogP) is 4.00. The third-order valence-corrected chi connectivity index (χ3v) is 9.50. The maximum atomic E-state index is 13.3. The van der Waals surface area contributed by atoms with Gasteiger partial charge in [0, 0.05) is 31.7 Å². The van der Waals surface area contributed by atoms with E-state index in [1.54, 1.807) is 14.2 Å². The molecule has 3 heterocycles. The van der Waals surface area contributed by atoms with Crippen molar-refractivity contribution < 1.29 is 17.9 Å². The Balaban J connectivity index is 1.57. The molecule has 2 saturated heterocycles. The van der Waals surface area contributed by atoms with Gasteiger partial charge in [0.05, 0.1) is 20.0 Å². The fourth-order valence-electron chi connectivity index (χ4n) is 5.90. The minimum atomic E-state index is -3.20. The number of fused-ring (bicyclic) bond motifs is 4. The molecule has 0 amide bonds. The molecule has 1 aromatic rings. The van der Waals surface area contributed by atoms with Gasteiger partial charge >= 0.3 is 0 Å². The highest BCUT2D eigenvalue weighted by atomic mass is 32.2. The Labute approximate surface area is 187 Å². The molecule has 3 unspecified atom stereocenters. The van der Waals surface area contributed by atoms with Crippen molar-refractivity contribution in [3.05, 3.63) is 23.3 Å². The van der Waals surface area contributed by atoms with Gasteiger partial charge < -0.3 is 9.47 Å². The summed E-state index contributed by atoms with van der Waals surface area (Å²) in [5.41, 5.74) is 2.59. The van der Waals surface area contributed by atoms with Gasteiger partial charge in [0.15, 0.2) is 11.5 Å². The van der Waals surface area contributed by atoms with Crippen LogP contribution in [0.4, 0.5) is 0 Å². The van der Waals surface area contributed by atoms with E-state index in [4.69, 9.17) is 9.47 Å². The average molecular weight is 451 g/mol. The van der Waals surface area contributed by atoms with Crippen LogP contribution in [-0.4, -0.2) is 63.3 Å². The second-order valence-corrected chi connectivity index (χ2v) is 11.4.